The van der Waals surface area contributed by atoms with Gasteiger partial charge in [-0.3, -0.25) is 0 Å². The maximum absolute atomic E-state index is 11.1. The topological polar surface area (TPSA) is 197 Å². The molecule has 13 nitrogen and oxygen atoms in total. The number of fused-ring (bicyclic) bond motifs is 1. The molecule has 13 heteroatoms. The van der Waals surface area contributed by atoms with E-state index < -0.39 is 73.9 Å². The Morgan fingerprint density at radius 1 is 0.692 bits per heavy atom. The van der Waals surface area contributed by atoms with E-state index >= 15 is 0 Å². The maximum Gasteiger partial charge on any atom is 0.189 e. The van der Waals surface area contributed by atoms with Crippen LogP contribution in [0.5, 0.6) is 23.0 Å². The number of aliphatic hydroxyl groups is 5. The number of ether oxygens (including phenoxy) is 6. The molecule has 3 aliphatic heterocycles. The third-order valence-electron chi connectivity index (χ3n) is 7.54. The first-order valence-corrected chi connectivity index (χ1v) is 12.4. The van der Waals surface area contributed by atoms with E-state index in [2.05, 4.69) is 0 Å². The molecule has 3 aliphatic rings. The summed E-state index contributed by atoms with van der Waals surface area (Å²) in [6.07, 6.45) is -11.8. The highest BCUT2D eigenvalue weighted by Crippen LogP contribution is 2.57. The molecule has 0 aliphatic carbocycles. The highest BCUT2D eigenvalue weighted by atomic mass is 16.8. The van der Waals surface area contributed by atoms with Crippen LogP contribution in [0, 0.1) is 11.8 Å². The van der Waals surface area contributed by atoms with Gasteiger partial charge in [-0.25, -0.2) is 0 Å². The van der Waals surface area contributed by atoms with Crippen LogP contribution in [0.2, 0.25) is 0 Å². The first-order valence-electron chi connectivity index (χ1n) is 12.4. The van der Waals surface area contributed by atoms with Gasteiger partial charge in [0, 0.05) is 0 Å². The Balaban J connectivity index is 1.51. The van der Waals surface area contributed by atoms with Gasteiger partial charge in [0.25, 0.3) is 0 Å². The maximum atomic E-state index is 11.1. The van der Waals surface area contributed by atoms with Crippen LogP contribution in [0.4, 0.5) is 0 Å². The quantitative estimate of drug-likeness (QED) is 0.236. The monoisotopic (exact) mass is 552 g/mol. The summed E-state index contributed by atoms with van der Waals surface area (Å²) < 4.78 is 34.2. The van der Waals surface area contributed by atoms with Gasteiger partial charge in [0.2, 0.25) is 0 Å². The molecule has 7 N–H and O–H groups in total. The molecule has 0 bridgehead atoms. The average molecular weight is 553 g/mol. The lowest BCUT2D eigenvalue weighted by atomic mass is 9.83. The van der Waals surface area contributed by atoms with E-state index in [1.807, 2.05) is 0 Å². The lowest BCUT2D eigenvalue weighted by Gasteiger charge is -2.41. The summed E-state index contributed by atoms with van der Waals surface area (Å²) in [7, 11) is 2.79. The summed E-state index contributed by atoms with van der Waals surface area (Å²) in [4.78, 5) is 0. The molecule has 0 radical (unpaired) electrons. The van der Waals surface area contributed by atoms with Crippen molar-refractivity contribution in [2.45, 2.75) is 55.5 Å². The fourth-order valence-corrected chi connectivity index (χ4v) is 5.50. The zero-order valence-corrected chi connectivity index (χ0v) is 21.1. The van der Waals surface area contributed by atoms with Crippen LogP contribution in [0.1, 0.15) is 23.3 Å². The van der Waals surface area contributed by atoms with Gasteiger partial charge in [0.05, 0.1) is 44.9 Å². The molecule has 2 unspecified atom stereocenters. The van der Waals surface area contributed by atoms with E-state index in [1.54, 1.807) is 24.3 Å². The fourth-order valence-electron chi connectivity index (χ4n) is 5.50. The Morgan fingerprint density at radius 3 is 1.79 bits per heavy atom. The Morgan fingerprint density at radius 2 is 1.26 bits per heavy atom. The van der Waals surface area contributed by atoms with Gasteiger partial charge in [-0.15, -0.1) is 0 Å². The molecule has 0 spiro atoms. The third kappa shape index (κ3) is 4.90. The van der Waals surface area contributed by atoms with Crippen molar-refractivity contribution < 1.29 is 64.2 Å². The van der Waals surface area contributed by atoms with Gasteiger partial charge in [0.15, 0.2) is 41.9 Å². The summed E-state index contributed by atoms with van der Waals surface area (Å²) in [6, 6.07) is 9.14. The third-order valence-corrected chi connectivity index (χ3v) is 7.54. The minimum Gasteiger partial charge on any atom is -0.504 e. The number of hydrogen-bond donors (Lipinski definition) is 7. The van der Waals surface area contributed by atoms with Crippen LogP contribution in [0.25, 0.3) is 0 Å². The fraction of sp³-hybridized carbons (Fsp3) is 0.538. The van der Waals surface area contributed by atoms with Gasteiger partial charge in [-0.2, -0.15) is 0 Å². The van der Waals surface area contributed by atoms with Crippen LogP contribution in [-0.4, -0.2) is 99.9 Å². The predicted molar refractivity (Wildman–Crippen MR) is 129 cm³/mol. The van der Waals surface area contributed by atoms with Crippen molar-refractivity contribution in [3.8, 4) is 23.0 Å². The number of rotatable bonds is 7. The Labute approximate surface area is 223 Å². The standard InChI is InChI=1S/C26H32O13/c1-34-14-7-10(3-5-12(14)28)22-17-18(23(37-24(17)33)11-4-6-13(29)15(8-11)35-2)25(38-22)39-26-21(32)20(31)19(30)16(9-27)36-26/h3-8,16-33H,9H2,1-2H3/t16-,17?,18?,19-,20+,21-,22-,23-,24-,25+,26+/m1/s1. The molecule has 11 atom stereocenters. The largest absolute Gasteiger partial charge is 0.504 e. The molecule has 39 heavy (non-hydrogen) atoms. The first-order chi connectivity index (χ1) is 18.7. The molecule has 3 saturated heterocycles. The zero-order valence-electron chi connectivity index (χ0n) is 21.1. The second kappa shape index (κ2) is 11.0. The summed E-state index contributed by atoms with van der Waals surface area (Å²) in [6.45, 7) is -0.643. The van der Waals surface area contributed by atoms with Crippen molar-refractivity contribution >= 4 is 0 Å². The summed E-state index contributed by atoms with van der Waals surface area (Å²) in [5, 5.41) is 71.7. The normalized spacial score (nSPS) is 38.0. The lowest BCUT2D eigenvalue weighted by Crippen LogP contribution is -2.60. The van der Waals surface area contributed by atoms with Crippen molar-refractivity contribution in [2.24, 2.45) is 11.8 Å². The number of phenols is 2. The van der Waals surface area contributed by atoms with Gasteiger partial charge in [-0.1, -0.05) is 12.1 Å². The molecule has 3 heterocycles. The number of benzene rings is 2. The smallest absolute Gasteiger partial charge is 0.189 e. The van der Waals surface area contributed by atoms with E-state index in [1.165, 1.54) is 26.4 Å². The summed E-state index contributed by atoms with van der Waals surface area (Å²) >= 11 is 0. The average Bonchev–Trinajstić information content (AvgIpc) is 3.48. The van der Waals surface area contributed by atoms with Gasteiger partial charge < -0.3 is 64.2 Å². The molecular formula is C26H32O13. The highest BCUT2D eigenvalue weighted by Gasteiger charge is 2.60. The molecule has 214 valence electrons. The van der Waals surface area contributed by atoms with Gasteiger partial charge >= 0.3 is 0 Å². The molecule has 0 aromatic heterocycles. The number of phenolic OH excluding ortho intramolecular Hbond substituents is 2. The van der Waals surface area contributed by atoms with Crippen LogP contribution >= 0.6 is 0 Å². The second-order valence-electron chi connectivity index (χ2n) is 9.72. The number of aliphatic hydroxyl groups excluding tert-OH is 5. The predicted octanol–water partition coefficient (Wildman–Crippen LogP) is -0.349. The molecule has 5 rings (SSSR count). The Bertz CT molecular complexity index is 1110. The Kier molecular flexibility index (Phi) is 7.88. The van der Waals surface area contributed by atoms with Crippen LogP contribution in [0.3, 0.4) is 0 Å². The van der Waals surface area contributed by atoms with Crippen molar-refractivity contribution in [3.05, 3.63) is 47.5 Å². The van der Waals surface area contributed by atoms with Crippen molar-refractivity contribution in [2.75, 3.05) is 20.8 Å². The van der Waals surface area contributed by atoms with E-state index in [0.29, 0.717) is 11.1 Å². The summed E-state index contributed by atoms with van der Waals surface area (Å²) in [5.41, 5.74) is 1.07. The lowest BCUT2D eigenvalue weighted by molar-refractivity contribution is -0.342. The zero-order chi connectivity index (χ0) is 28.0. The van der Waals surface area contributed by atoms with Crippen molar-refractivity contribution in [1.29, 1.82) is 0 Å². The van der Waals surface area contributed by atoms with E-state index in [4.69, 9.17) is 28.4 Å². The molecule has 3 fully saturated rings. The highest BCUT2D eigenvalue weighted by molar-refractivity contribution is 5.44. The van der Waals surface area contributed by atoms with Crippen LogP contribution in [-0.2, 0) is 18.9 Å². The molecule has 2 aromatic rings. The SMILES string of the molecule is COc1cc([C@H]2O[C@@H](O)C3C2[C@H](O[C@@H]2O[C@H](CO)[C@@H](O)[C@H](O)[C@H]2O)O[C@@H]3c2ccc(O)c(OC)c2)ccc1O. The molecular weight excluding hydrogens is 520 g/mol. The van der Waals surface area contributed by atoms with Crippen molar-refractivity contribution in [3.63, 3.8) is 0 Å². The van der Waals surface area contributed by atoms with E-state index in [-0.39, 0.29) is 23.0 Å². The van der Waals surface area contributed by atoms with E-state index in [0.717, 1.165) is 0 Å². The second-order valence-corrected chi connectivity index (χ2v) is 9.72. The number of aromatic hydroxyl groups is 2. The van der Waals surface area contributed by atoms with Crippen LogP contribution < -0.4 is 9.47 Å². The molecule has 2 aromatic carbocycles. The number of hydrogen-bond acceptors (Lipinski definition) is 13. The summed E-state index contributed by atoms with van der Waals surface area (Å²) in [5.74, 6) is -1.27. The van der Waals surface area contributed by atoms with E-state index in [9.17, 15) is 35.7 Å². The molecule has 0 saturated carbocycles. The minimum atomic E-state index is -1.68. The number of methoxy groups -OCH3 is 2. The van der Waals surface area contributed by atoms with Gasteiger partial charge in [0.1, 0.15) is 24.4 Å². The van der Waals surface area contributed by atoms with Gasteiger partial charge in [-0.05, 0) is 35.4 Å². The molecule has 0 amide bonds. The minimum absolute atomic E-state index is 0.0952. The van der Waals surface area contributed by atoms with Crippen molar-refractivity contribution in [1.82, 2.24) is 0 Å². The first kappa shape index (κ1) is 27.8. The Hall–Kier alpha value is -2.72. The van der Waals surface area contributed by atoms with Crippen LogP contribution in [0.15, 0.2) is 36.4 Å².